The molecule has 1 amide bonds. The van der Waals surface area contributed by atoms with Crippen molar-refractivity contribution in [2.24, 2.45) is 11.8 Å². The highest BCUT2D eigenvalue weighted by Crippen LogP contribution is 2.30. The standard InChI is InChI=1S/C19H23N3O2/c1-21-10-14-7-9-22(12-15(14)11-21)19(23)13-24-18-6-8-20-17-5-3-2-4-16(17)18/h2-6,8,14-15H,7,9-13H2,1H3. The van der Waals surface area contributed by atoms with Gasteiger partial charge in [-0.2, -0.15) is 0 Å². The van der Waals surface area contributed by atoms with E-state index in [1.54, 1.807) is 6.20 Å². The lowest BCUT2D eigenvalue weighted by molar-refractivity contribution is -0.135. The summed E-state index contributed by atoms with van der Waals surface area (Å²) < 4.78 is 5.83. The van der Waals surface area contributed by atoms with Crippen molar-refractivity contribution in [1.29, 1.82) is 0 Å². The van der Waals surface area contributed by atoms with Crippen molar-refractivity contribution in [1.82, 2.24) is 14.8 Å². The first-order chi connectivity index (χ1) is 11.7. The molecule has 0 saturated carbocycles. The summed E-state index contributed by atoms with van der Waals surface area (Å²) in [5.41, 5.74) is 0.886. The van der Waals surface area contributed by atoms with E-state index < -0.39 is 0 Å². The Morgan fingerprint density at radius 1 is 1.21 bits per heavy atom. The zero-order valence-corrected chi connectivity index (χ0v) is 14.0. The molecule has 2 aliphatic rings. The second-order valence-corrected chi connectivity index (χ2v) is 6.98. The zero-order valence-electron chi connectivity index (χ0n) is 14.0. The van der Waals surface area contributed by atoms with Crippen LogP contribution in [0.2, 0.25) is 0 Å². The summed E-state index contributed by atoms with van der Waals surface area (Å²) in [5, 5.41) is 0.948. The predicted octanol–water partition coefficient (Wildman–Crippen LogP) is 2.02. The van der Waals surface area contributed by atoms with Crippen LogP contribution in [0.5, 0.6) is 5.75 Å². The molecular weight excluding hydrogens is 302 g/mol. The van der Waals surface area contributed by atoms with Gasteiger partial charge in [-0.25, -0.2) is 0 Å². The van der Waals surface area contributed by atoms with Crippen molar-refractivity contribution in [3.63, 3.8) is 0 Å². The lowest BCUT2D eigenvalue weighted by atomic mass is 9.89. The number of aromatic nitrogens is 1. The average molecular weight is 325 g/mol. The van der Waals surface area contributed by atoms with E-state index in [4.69, 9.17) is 4.74 Å². The normalized spacial score (nSPS) is 24.1. The molecule has 24 heavy (non-hydrogen) atoms. The minimum absolute atomic E-state index is 0.0869. The van der Waals surface area contributed by atoms with E-state index >= 15 is 0 Å². The Bertz CT molecular complexity index is 743. The summed E-state index contributed by atoms with van der Waals surface area (Å²) in [5.74, 6) is 2.19. The molecule has 5 heteroatoms. The first-order valence-electron chi connectivity index (χ1n) is 8.63. The van der Waals surface area contributed by atoms with Gasteiger partial charge in [0.2, 0.25) is 0 Å². The molecule has 3 heterocycles. The zero-order chi connectivity index (χ0) is 16.5. The Balaban J connectivity index is 1.40. The smallest absolute Gasteiger partial charge is 0.260 e. The Kier molecular flexibility index (Phi) is 4.10. The summed E-state index contributed by atoms with van der Waals surface area (Å²) in [6.45, 7) is 4.10. The highest BCUT2D eigenvalue weighted by Gasteiger charge is 2.36. The maximum Gasteiger partial charge on any atom is 0.260 e. The third kappa shape index (κ3) is 2.96. The molecule has 0 bridgehead atoms. The van der Waals surface area contributed by atoms with E-state index in [0.29, 0.717) is 5.92 Å². The minimum Gasteiger partial charge on any atom is -0.483 e. The minimum atomic E-state index is 0.0869. The topological polar surface area (TPSA) is 45.7 Å². The molecule has 0 spiro atoms. The number of pyridine rings is 1. The molecular formula is C19H23N3O2. The second kappa shape index (κ2) is 6.40. The molecule has 2 unspecified atom stereocenters. The fourth-order valence-electron chi connectivity index (χ4n) is 4.06. The van der Waals surface area contributed by atoms with Gasteiger partial charge in [0.25, 0.3) is 5.91 Å². The molecule has 2 aliphatic heterocycles. The second-order valence-electron chi connectivity index (χ2n) is 6.98. The molecule has 0 radical (unpaired) electrons. The van der Waals surface area contributed by atoms with Crippen molar-refractivity contribution in [2.75, 3.05) is 39.8 Å². The first-order valence-corrected chi connectivity index (χ1v) is 8.63. The molecule has 5 nitrogen and oxygen atoms in total. The molecule has 2 atom stereocenters. The van der Waals surface area contributed by atoms with Gasteiger partial charge in [0.1, 0.15) is 5.75 Å². The van der Waals surface area contributed by atoms with Crippen LogP contribution in [-0.2, 0) is 4.79 Å². The monoisotopic (exact) mass is 325 g/mol. The number of hydrogen-bond donors (Lipinski definition) is 0. The van der Waals surface area contributed by atoms with E-state index in [1.807, 2.05) is 35.2 Å². The lowest BCUT2D eigenvalue weighted by Crippen LogP contribution is -2.45. The van der Waals surface area contributed by atoms with Crippen molar-refractivity contribution >= 4 is 16.8 Å². The number of carbonyl (C=O) groups is 1. The summed E-state index contributed by atoms with van der Waals surface area (Å²) in [7, 11) is 2.17. The first kappa shape index (κ1) is 15.4. The van der Waals surface area contributed by atoms with Crippen molar-refractivity contribution < 1.29 is 9.53 Å². The number of rotatable bonds is 3. The van der Waals surface area contributed by atoms with Crippen LogP contribution in [0.25, 0.3) is 10.9 Å². The van der Waals surface area contributed by atoms with Crippen LogP contribution >= 0.6 is 0 Å². The Labute approximate surface area is 142 Å². The van der Waals surface area contributed by atoms with Crippen LogP contribution in [0.1, 0.15) is 6.42 Å². The SMILES string of the molecule is CN1CC2CCN(C(=O)COc3ccnc4ccccc34)CC2C1. The Hall–Kier alpha value is -2.14. The molecule has 0 N–H and O–H groups in total. The van der Waals surface area contributed by atoms with Gasteiger partial charge in [0.15, 0.2) is 6.61 Å². The highest BCUT2D eigenvalue weighted by molar-refractivity contribution is 5.85. The van der Waals surface area contributed by atoms with Gasteiger partial charge >= 0.3 is 0 Å². The predicted molar refractivity (Wildman–Crippen MR) is 92.9 cm³/mol. The Morgan fingerprint density at radius 2 is 2.04 bits per heavy atom. The van der Waals surface area contributed by atoms with Gasteiger partial charge in [-0.3, -0.25) is 9.78 Å². The molecule has 2 fully saturated rings. The summed E-state index contributed by atoms with van der Waals surface area (Å²) in [4.78, 5) is 21.2. The number of amides is 1. The van der Waals surface area contributed by atoms with Gasteiger partial charge in [-0.05, 0) is 43.5 Å². The fraction of sp³-hybridized carbons (Fsp3) is 0.474. The Morgan fingerprint density at radius 3 is 2.96 bits per heavy atom. The summed E-state index contributed by atoms with van der Waals surface area (Å²) in [6.07, 6.45) is 2.83. The van der Waals surface area contributed by atoms with Gasteiger partial charge < -0.3 is 14.5 Å². The van der Waals surface area contributed by atoms with E-state index in [0.717, 1.165) is 48.6 Å². The molecule has 0 aliphatic carbocycles. The molecule has 1 aromatic heterocycles. The summed E-state index contributed by atoms with van der Waals surface area (Å²) in [6, 6.07) is 9.66. The van der Waals surface area contributed by atoms with Crippen LogP contribution in [-0.4, -0.2) is 60.5 Å². The van der Waals surface area contributed by atoms with E-state index in [9.17, 15) is 4.79 Å². The third-order valence-corrected chi connectivity index (χ3v) is 5.30. The molecule has 2 saturated heterocycles. The number of piperidine rings is 1. The number of hydrogen-bond acceptors (Lipinski definition) is 4. The van der Waals surface area contributed by atoms with Gasteiger partial charge in [-0.15, -0.1) is 0 Å². The average Bonchev–Trinajstić information content (AvgIpc) is 2.98. The van der Waals surface area contributed by atoms with E-state index in [1.165, 1.54) is 6.54 Å². The quantitative estimate of drug-likeness (QED) is 0.866. The maximum atomic E-state index is 12.5. The third-order valence-electron chi connectivity index (χ3n) is 5.30. The van der Waals surface area contributed by atoms with E-state index in [-0.39, 0.29) is 12.5 Å². The highest BCUT2D eigenvalue weighted by atomic mass is 16.5. The number of likely N-dealkylation sites (tertiary alicyclic amines) is 2. The van der Waals surface area contributed by atoms with Gasteiger partial charge in [-0.1, -0.05) is 12.1 Å². The molecule has 1 aromatic carbocycles. The van der Waals surface area contributed by atoms with Gasteiger partial charge in [0, 0.05) is 37.8 Å². The van der Waals surface area contributed by atoms with Crippen LogP contribution in [0.4, 0.5) is 0 Å². The van der Waals surface area contributed by atoms with Crippen molar-refractivity contribution in [3.05, 3.63) is 36.5 Å². The van der Waals surface area contributed by atoms with Crippen LogP contribution in [0.15, 0.2) is 36.5 Å². The van der Waals surface area contributed by atoms with Crippen LogP contribution in [0.3, 0.4) is 0 Å². The summed E-state index contributed by atoms with van der Waals surface area (Å²) >= 11 is 0. The number of ether oxygens (including phenoxy) is 1. The number of benzene rings is 1. The lowest BCUT2D eigenvalue weighted by Gasteiger charge is -2.34. The fourth-order valence-corrected chi connectivity index (χ4v) is 4.06. The number of fused-ring (bicyclic) bond motifs is 2. The van der Waals surface area contributed by atoms with Gasteiger partial charge in [0.05, 0.1) is 5.52 Å². The van der Waals surface area contributed by atoms with Crippen molar-refractivity contribution in [2.45, 2.75) is 6.42 Å². The number of carbonyl (C=O) groups excluding carboxylic acids is 1. The largest absolute Gasteiger partial charge is 0.483 e. The van der Waals surface area contributed by atoms with Crippen LogP contribution < -0.4 is 4.74 Å². The number of para-hydroxylation sites is 1. The maximum absolute atomic E-state index is 12.5. The van der Waals surface area contributed by atoms with E-state index in [2.05, 4.69) is 16.9 Å². The van der Waals surface area contributed by atoms with Crippen LogP contribution in [0, 0.1) is 11.8 Å². The number of nitrogens with zero attached hydrogens (tertiary/aromatic N) is 3. The molecule has 2 aromatic rings. The molecule has 4 rings (SSSR count). The molecule has 126 valence electrons. The van der Waals surface area contributed by atoms with Crippen molar-refractivity contribution in [3.8, 4) is 5.75 Å².